The summed E-state index contributed by atoms with van der Waals surface area (Å²) < 4.78 is 0. The minimum Gasteiger partial charge on any atom is -0.350 e. The third-order valence-electron chi connectivity index (χ3n) is 9.32. The van der Waals surface area contributed by atoms with Gasteiger partial charge in [-0.1, -0.05) is 39.2 Å². The normalized spacial score (nSPS) is 25.7. The maximum atomic E-state index is 13.6. The van der Waals surface area contributed by atoms with Crippen LogP contribution in [-0.2, 0) is 16.1 Å². The predicted molar refractivity (Wildman–Crippen MR) is 144 cm³/mol. The summed E-state index contributed by atoms with van der Waals surface area (Å²) in [5, 5.41) is 3.13. The molecule has 8 nitrogen and oxygen atoms in total. The molecule has 4 heterocycles. The molecule has 6 rings (SSSR count). The van der Waals surface area contributed by atoms with Crippen molar-refractivity contribution in [1.82, 2.24) is 25.1 Å². The van der Waals surface area contributed by atoms with Gasteiger partial charge in [0.05, 0.1) is 29.9 Å². The summed E-state index contributed by atoms with van der Waals surface area (Å²) in [5.74, 6) is 0.267. The number of carbonyl (C=O) groups is 3. The van der Waals surface area contributed by atoms with Crippen molar-refractivity contribution in [2.24, 2.45) is 22.7 Å². The van der Waals surface area contributed by atoms with Gasteiger partial charge in [-0.3, -0.25) is 24.4 Å². The molecule has 2 atom stereocenters. The minimum atomic E-state index is -0.406. The SMILES string of the molecule is CC1(C)C[C@@H]1C(=O)N1CC2(CN(C(=O)c3cncs3)C[C@H]2C(=O)NCc2cccc(C3CCCCC3)n2)C1. The lowest BCUT2D eigenvalue weighted by molar-refractivity contribution is -0.151. The third kappa shape index (κ3) is 4.74. The van der Waals surface area contributed by atoms with Crippen molar-refractivity contribution < 1.29 is 14.4 Å². The summed E-state index contributed by atoms with van der Waals surface area (Å²) in [4.78, 5) is 53.0. The zero-order valence-electron chi connectivity index (χ0n) is 22.3. The fourth-order valence-electron chi connectivity index (χ4n) is 6.78. The smallest absolute Gasteiger partial charge is 0.265 e. The van der Waals surface area contributed by atoms with Gasteiger partial charge in [-0.05, 0) is 36.8 Å². The molecule has 0 radical (unpaired) electrons. The number of aromatic nitrogens is 2. The molecule has 3 amide bonds. The van der Waals surface area contributed by atoms with Crippen LogP contribution in [0.1, 0.15) is 79.3 Å². The van der Waals surface area contributed by atoms with Crippen molar-refractivity contribution in [3.8, 4) is 0 Å². The fourth-order valence-corrected chi connectivity index (χ4v) is 7.37. The largest absolute Gasteiger partial charge is 0.350 e. The monoisotopic (exact) mass is 535 g/mol. The molecule has 38 heavy (non-hydrogen) atoms. The maximum Gasteiger partial charge on any atom is 0.265 e. The van der Waals surface area contributed by atoms with E-state index in [4.69, 9.17) is 4.98 Å². The topological polar surface area (TPSA) is 95.5 Å². The summed E-state index contributed by atoms with van der Waals surface area (Å²) in [6.45, 7) is 6.52. The van der Waals surface area contributed by atoms with E-state index in [9.17, 15) is 14.4 Å². The van der Waals surface area contributed by atoms with Crippen molar-refractivity contribution in [1.29, 1.82) is 0 Å². The number of hydrogen-bond acceptors (Lipinski definition) is 6. The van der Waals surface area contributed by atoms with Gasteiger partial charge in [0.15, 0.2) is 0 Å². The van der Waals surface area contributed by atoms with Crippen LogP contribution in [0.5, 0.6) is 0 Å². The lowest BCUT2D eigenvalue weighted by Crippen LogP contribution is -2.64. The molecule has 9 heteroatoms. The first kappa shape index (κ1) is 25.5. The molecule has 4 aliphatic rings. The van der Waals surface area contributed by atoms with Gasteiger partial charge < -0.3 is 15.1 Å². The number of hydrogen-bond donors (Lipinski definition) is 1. The average Bonchev–Trinajstić information content (AvgIpc) is 3.29. The summed E-state index contributed by atoms with van der Waals surface area (Å²) in [6.07, 6.45) is 8.69. The minimum absolute atomic E-state index is 0.0617. The molecule has 0 aromatic carbocycles. The zero-order valence-corrected chi connectivity index (χ0v) is 23.1. The van der Waals surface area contributed by atoms with Crippen LogP contribution in [0.15, 0.2) is 29.9 Å². The van der Waals surface area contributed by atoms with Crippen molar-refractivity contribution in [2.75, 3.05) is 26.2 Å². The lowest BCUT2D eigenvalue weighted by atomic mass is 9.71. The highest BCUT2D eigenvalue weighted by atomic mass is 32.1. The van der Waals surface area contributed by atoms with Gasteiger partial charge in [0, 0.05) is 49.1 Å². The Balaban J connectivity index is 1.14. The second-order valence-corrected chi connectivity index (χ2v) is 13.4. The van der Waals surface area contributed by atoms with Gasteiger partial charge in [-0.15, -0.1) is 11.3 Å². The van der Waals surface area contributed by atoms with Crippen molar-refractivity contribution in [2.45, 2.75) is 64.8 Å². The highest BCUT2D eigenvalue weighted by Crippen LogP contribution is 2.54. The first-order valence-electron chi connectivity index (χ1n) is 14.0. The van der Waals surface area contributed by atoms with Crippen LogP contribution in [0, 0.1) is 22.7 Å². The van der Waals surface area contributed by atoms with Gasteiger partial charge in [0.1, 0.15) is 4.88 Å². The Morgan fingerprint density at radius 3 is 2.47 bits per heavy atom. The maximum absolute atomic E-state index is 13.6. The first-order chi connectivity index (χ1) is 18.3. The number of nitrogens with one attached hydrogen (secondary N) is 1. The molecule has 2 aromatic heterocycles. The van der Waals surface area contributed by atoms with Gasteiger partial charge in [0.25, 0.3) is 5.91 Å². The highest BCUT2D eigenvalue weighted by molar-refractivity contribution is 7.11. The molecule has 4 fully saturated rings. The fraction of sp³-hybridized carbons (Fsp3) is 0.621. The molecular formula is C29H37N5O3S. The number of rotatable bonds is 6. The summed E-state index contributed by atoms with van der Waals surface area (Å²) in [7, 11) is 0. The zero-order chi connectivity index (χ0) is 26.5. The average molecular weight is 536 g/mol. The number of carbonyl (C=O) groups excluding carboxylic acids is 3. The Morgan fingerprint density at radius 1 is 1.05 bits per heavy atom. The Morgan fingerprint density at radius 2 is 1.79 bits per heavy atom. The van der Waals surface area contributed by atoms with Crippen molar-refractivity contribution in [3.63, 3.8) is 0 Å². The van der Waals surface area contributed by atoms with E-state index in [2.05, 4.69) is 30.2 Å². The van der Waals surface area contributed by atoms with Crippen LogP contribution in [0.4, 0.5) is 0 Å². The Hall–Kier alpha value is -2.81. The van der Waals surface area contributed by atoms with E-state index in [1.165, 1.54) is 43.4 Å². The van der Waals surface area contributed by atoms with Crippen molar-refractivity contribution in [3.05, 3.63) is 46.2 Å². The summed E-state index contributed by atoms with van der Waals surface area (Å²) >= 11 is 1.32. The molecule has 2 saturated carbocycles. The van der Waals surface area contributed by atoms with Crippen molar-refractivity contribution >= 4 is 29.1 Å². The molecule has 0 bridgehead atoms. The predicted octanol–water partition coefficient (Wildman–Crippen LogP) is 3.85. The van der Waals surface area contributed by atoms with Crippen LogP contribution in [0.2, 0.25) is 0 Å². The number of amides is 3. The van der Waals surface area contributed by atoms with E-state index in [-0.39, 0.29) is 35.0 Å². The first-order valence-corrected chi connectivity index (χ1v) is 14.8. The highest BCUT2D eigenvalue weighted by Gasteiger charge is 2.61. The van der Waals surface area contributed by atoms with E-state index < -0.39 is 5.41 Å². The van der Waals surface area contributed by atoms with Crippen LogP contribution >= 0.6 is 11.3 Å². The Labute approximate surface area is 228 Å². The second kappa shape index (κ2) is 9.74. The van der Waals surface area contributed by atoms with E-state index in [0.29, 0.717) is 43.5 Å². The van der Waals surface area contributed by atoms with E-state index in [1.54, 1.807) is 16.6 Å². The van der Waals surface area contributed by atoms with E-state index >= 15 is 0 Å². The van der Waals surface area contributed by atoms with Crippen LogP contribution in [-0.4, -0.2) is 63.7 Å². The molecule has 2 aliphatic heterocycles. The third-order valence-corrected chi connectivity index (χ3v) is 10.1. The van der Waals surface area contributed by atoms with Gasteiger partial charge in [0.2, 0.25) is 11.8 Å². The molecule has 1 N–H and O–H groups in total. The number of thiazole rings is 1. The summed E-state index contributed by atoms with van der Waals surface area (Å²) in [5.41, 5.74) is 3.31. The molecule has 2 aromatic rings. The van der Waals surface area contributed by atoms with Crippen LogP contribution in [0.25, 0.3) is 0 Å². The van der Waals surface area contributed by atoms with Gasteiger partial charge >= 0.3 is 0 Å². The lowest BCUT2D eigenvalue weighted by Gasteiger charge is -2.50. The van der Waals surface area contributed by atoms with Crippen LogP contribution < -0.4 is 5.32 Å². The summed E-state index contributed by atoms with van der Waals surface area (Å²) in [6, 6.07) is 6.12. The molecule has 202 valence electrons. The molecule has 2 aliphatic carbocycles. The Kier molecular flexibility index (Phi) is 6.53. The molecule has 1 spiro atoms. The molecular weight excluding hydrogens is 498 g/mol. The molecule has 2 saturated heterocycles. The van der Waals surface area contributed by atoms with Crippen LogP contribution in [0.3, 0.4) is 0 Å². The number of pyridine rings is 1. The van der Waals surface area contributed by atoms with Gasteiger partial charge in [-0.25, -0.2) is 0 Å². The second-order valence-electron chi connectivity index (χ2n) is 12.5. The standard InChI is InChI=1S/C29H37N5O3S/c1-28(2)11-21(28)26(36)34-16-29(17-34)15-33(27(37)24-13-30-18-38-24)14-22(29)25(35)31-12-20-9-6-10-23(32-20)19-7-4-3-5-8-19/h6,9-10,13,18-19,21-22H,3-5,7-8,11-12,14-17H2,1-2H3,(H,31,35)/t21-,22+/m1/s1. The molecule has 0 unspecified atom stereocenters. The van der Waals surface area contributed by atoms with E-state index in [1.807, 2.05) is 17.0 Å². The van der Waals surface area contributed by atoms with Gasteiger partial charge in [-0.2, -0.15) is 0 Å². The Bertz CT molecular complexity index is 1220. The number of likely N-dealkylation sites (tertiary alicyclic amines) is 2. The quantitative estimate of drug-likeness (QED) is 0.606. The van der Waals surface area contributed by atoms with E-state index in [0.717, 1.165) is 17.8 Å². The number of nitrogens with zero attached hydrogens (tertiary/aromatic N) is 4.